The quantitative estimate of drug-likeness (QED) is 0.115. The van der Waals surface area contributed by atoms with Crippen LogP contribution in [0.2, 0.25) is 0 Å². The second kappa shape index (κ2) is 12.6. The van der Waals surface area contributed by atoms with Crippen molar-refractivity contribution in [1.82, 2.24) is 0 Å². The first kappa shape index (κ1) is 24.2. The van der Waals surface area contributed by atoms with E-state index in [9.17, 15) is 14.7 Å². The zero-order chi connectivity index (χ0) is 18.8. The van der Waals surface area contributed by atoms with Crippen LogP contribution < -0.4 is 0 Å². The molecule has 1 rings (SSSR count). The number of nitrogens with zero attached hydrogens (tertiary/aromatic N) is 1. The lowest BCUT2D eigenvalue weighted by Crippen LogP contribution is -2.04. The molecule has 0 aliphatic rings. The topological polar surface area (TPSA) is 78.7 Å². The van der Waals surface area contributed by atoms with E-state index in [1.54, 1.807) is 32.9 Å². The van der Waals surface area contributed by atoms with Gasteiger partial charge in [-0.3, -0.25) is 14.7 Å². The minimum absolute atomic E-state index is 0.00129. The van der Waals surface area contributed by atoms with Crippen LogP contribution in [0.15, 0.2) is 24.3 Å². The number of nitro groups is 1. The van der Waals surface area contributed by atoms with E-state index >= 15 is 0 Å². The SMILES string of the molecule is CCC(I)I.CCOP(=O)(OCC)C(C)c1ccc([N+](=O)[O-])cc1. The molecule has 138 valence electrons. The number of rotatable bonds is 8. The van der Waals surface area contributed by atoms with Gasteiger partial charge in [0.05, 0.1) is 25.7 Å². The number of non-ortho nitro benzene ring substituents is 1. The number of benzene rings is 1. The Morgan fingerprint density at radius 1 is 1.12 bits per heavy atom. The van der Waals surface area contributed by atoms with Gasteiger partial charge in [-0.05, 0) is 32.8 Å². The third-order valence-corrected chi connectivity index (χ3v) is 7.23. The molecule has 0 heterocycles. The molecule has 0 saturated heterocycles. The predicted octanol–water partition coefficient (Wildman–Crippen LogP) is 6.51. The highest BCUT2D eigenvalue weighted by Gasteiger charge is 2.33. The second-order valence-corrected chi connectivity index (χ2v) is 12.5. The highest BCUT2D eigenvalue weighted by atomic mass is 127. The fraction of sp³-hybridized carbons (Fsp3) is 0.600. The van der Waals surface area contributed by atoms with E-state index in [0.717, 1.165) is 1.93 Å². The van der Waals surface area contributed by atoms with Crippen molar-refractivity contribution in [1.29, 1.82) is 0 Å². The summed E-state index contributed by atoms with van der Waals surface area (Å²) in [5.74, 6) is 0. The van der Waals surface area contributed by atoms with Gasteiger partial charge >= 0.3 is 7.60 Å². The van der Waals surface area contributed by atoms with Crippen LogP contribution in [0.1, 0.15) is 45.3 Å². The van der Waals surface area contributed by atoms with Crippen molar-refractivity contribution in [2.24, 2.45) is 0 Å². The van der Waals surface area contributed by atoms with Gasteiger partial charge in [-0.2, -0.15) is 0 Å². The van der Waals surface area contributed by atoms with Crippen molar-refractivity contribution >= 4 is 58.5 Å². The number of hydrogen-bond acceptors (Lipinski definition) is 5. The Bertz CT molecular complexity index is 529. The molecule has 1 unspecified atom stereocenters. The lowest BCUT2D eigenvalue weighted by molar-refractivity contribution is -0.384. The lowest BCUT2D eigenvalue weighted by atomic mass is 10.1. The van der Waals surface area contributed by atoms with Crippen molar-refractivity contribution in [3.63, 3.8) is 0 Å². The van der Waals surface area contributed by atoms with Gasteiger partial charge in [-0.1, -0.05) is 64.2 Å². The largest absolute Gasteiger partial charge is 0.337 e. The average Bonchev–Trinajstić information content (AvgIpc) is 2.55. The number of alkyl halides is 2. The van der Waals surface area contributed by atoms with E-state index in [1.165, 1.54) is 18.6 Å². The fourth-order valence-electron chi connectivity index (χ4n) is 1.68. The van der Waals surface area contributed by atoms with Gasteiger partial charge < -0.3 is 9.05 Å². The van der Waals surface area contributed by atoms with Gasteiger partial charge in [-0.15, -0.1) is 0 Å². The van der Waals surface area contributed by atoms with Gasteiger partial charge in [-0.25, -0.2) is 0 Å². The summed E-state index contributed by atoms with van der Waals surface area (Å²) in [4.78, 5) is 10.1. The van der Waals surface area contributed by atoms with Gasteiger partial charge in [0.2, 0.25) is 0 Å². The zero-order valence-electron chi connectivity index (χ0n) is 14.3. The Labute approximate surface area is 171 Å². The molecule has 0 saturated carbocycles. The van der Waals surface area contributed by atoms with Gasteiger partial charge in [0, 0.05) is 12.1 Å². The summed E-state index contributed by atoms with van der Waals surface area (Å²) < 4.78 is 23.9. The number of hydrogen-bond donors (Lipinski definition) is 0. The van der Waals surface area contributed by atoms with E-state index in [-0.39, 0.29) is 18.9 Å². The predicted molar refractivity (Wildman–Crippen MR) is 114 cm³/mol. The molecule has 0 amide bonds. The van der Waals surface area contributed by atoms with E-state index in [0.29, 0.717) is 5.56 Å². The van der Waals surface area contributed by atoms with E-state index in [4.69, 9.17) is 9.05 Å². The van der Waals surface area contributed by atoms with Crippen LogP contribution in [0, 0.1) is 10.1 Å². The first-order valence-corrected chi connectivity index (χ1v) is 11.7. The second-order valence-electron chi connectivity index (χ2n) is 4.70. The summed E-state index contributed by atoms with van der Waals surface area (Å²) in [7, 11) is -3.24. The van der Waals surface area contributed by atoms with E-state index in [2.05, 4.69) is 52.1 Å². The summed E-state index contributed by atoms with van der Waals surface area (Å²) in [6, 6.07) is 5.92. The minimum Gasteiger partial charge on any atom is -0.308 e. The molecule has 1 aromatic rings. The third-order valence-electron chi connectivity index (χ3n) is 2.99. The first-order valence-electron chi connectivity index (χ1n) is 7.63. The minimum atomic E-state index is -3.24. The molecule has 1 atom stereocenters. The molecular weight excluding hydrogens is 559 g/mol. The Hall–Kier alpha value is 0.230. The lowest BCUT2D eigenvalue weighted by Gasteiger charge is -2.23. The normalized spacial score (nSPS) is 12.5. The Kier molecular flexibility index (Phi) is 12.7. The maximum absolute atomic E-state index is 12.6. The summed E-state index contributed by atoms with van der Waals surface area (Å²) >= 11 is 4.79. The Morgan fingerprint density at radius 3 is 1.83 bits per heavy atom. The first-order chi connectivity index (χ1) is 11.2. The molecule has 0 aromatic heterocycles. The van der Waals surface area contributed by atoms with Crippen LogP contribution in [0.25, 0.3) is 0 Å². The molecule has 1 aromatic carbocycles. The third kappa shape index (κ3) is 8.55. The molecule has 0 N–H and O–H groups in total. The summed E-state index contributed by atoms with van der Waals surface area (Å²) in [5.41, 5.74) is 0.225. The number of nitro benzene ring substituents is 1. The molecule has 0 spiro atoms. The zero-order valence-corrected chi connectivity index (χ0v) is 19.5. The average molecular weight is 583 g/mol. The molecular formula is C15H24I2NO5P. The van der Waals surface area contributed by atoms with Crippen LogP contribution in [0.3, 0.4) is 0 Å². The highest BCUT2D eigenvalue weighted by Crippen LogP contribution is 2.60. The molecule has 0 fully saturated rings. The summed E-state index contributed by atoms with van der Waals surface area (Å²) in [6.45, 7) is 7.97. The van der Waals surface area contributed by atoms with E-state index in [1.807, 2.05) is 0 Å². The van der Waals surface area contributed by atoms with Crippen molar-refractivity contribution in [3.8, 4) is 0 Å². The standard InChI is InChI=1S/C12H18NO5P.C3H6I2/c1-4-17-19(16,18-5-2)10(3)11-6-8-12(9-7-11)13(14)15;1-2-3(4)5/h6-10H,4-5H2,1-3H3;3H,2H2,1H3. The summed E-state index contributed by atoms with van der Waals surface area (Å²) in [5, 5.41) is 10.6. The van der Waals surface area contributed by atoms with Gasteiger partial charge in [0.15, 0.2) is 0 Å². The van der Waals surface area contributed by atoms with Crippen LogP contribution in [-0.4, -0.2) is 20.1 Å². The molecule has 0 aliphatic heterocycles. The molecule has 0 aliphatic carbocycles. The maximum Gasteiger partial charge on any atom is 0.337 e. The molecule has 0 bridgehead atoms. The highest BCUT2D eigenvalue weighted by molar-refractivity contribution is 14.2. The van der Waals surface area contributed by atoms with Crippen LogP contribution in [0.4, 0.5) is 5.69 Å². The van der Waals surface area contributed by atoms with Crippen LogP contribution in [-0.2, 0) is 13.6 Å². The molecule has 9 heteroatoms. The van der Waals surface area contributed by atoms with Gasteiger partial charge in [0.1, 0.15) is 0 Å². The van der Waals surface area contributed by atoms with Crippen molar-refractivity contribution < 1.29 is 18.5 Å². The maximum atomic E-state index is 12.6. The monoisotopic (exact) mass is 583 g/mol. The van der Waals surface area contributed by atoms with Gasteiger partial charge in [0.25, 0.3) is 5.69 Å². The molecule has 6 nitrogen and oxygen atoms in total. The van der Waals surface area contributed by atoms with E-state index < -0.39 is 18.2 Å². The molecule has 0 radical (unpaired) electrons. The Balaban J connectivity index is 0.000000922. The van der Waals surface area contributed by atoms with Crippen molar-refractivity contribution in [2.75, 3.05) is 13.2 Å². The number of halogens is 2. The van der Waals surface area contributed by atoms with Crippen LogP contribution >= 0.6 is 52.8 Å². The molecule has 24 heavy (non-hydrogen) atoms. The van der Waals surface area contributed by atoms with Crippen molar-refractivity contribution in [2.45, 2.75) is 41.7 Å². The summed E-state index contributed by atoms with van der Waals surface area (Å²) in [6.07, 6.45) is 1.28. The Morgan fingerprint density at radius 2 is 1.54 bits per heavy atom. The van der Waals surface area contributed by atoms with Crippen LogP contribution in [0.5, 0.6) is 0 Å². The smallest absolute Gasteiger partial charge is 0.308 e. The fourth-order valence-corrected chi connectivity index (χ4v) is 3.46. The van der Waals surface area contributed by atoms with Crippen molar-refractivity contribution in [3.05, 3.63) is 39.9 Å².